The summed E-state index contributed by atoms with van der Waals surface area (Å²) < 4.78 is 5.06. The molecule has 3 rings (SSSR count). The van der Waals surface area contributed by atoms with E-state index >= 15 is 0 Å². The first-order valence-corrected chi connectivity index (χ1v) is 6.16. The van der Waals surface area contributed by atoms with Gasteiger partial charge in [0.05, 0.1) is 30.6 Å². The topological polar surface area (TPSA) is 59.5 Å². The van der Waals surface area contributed by atoms with Crippen molar-refractivity contribution in [1.82, 2.24) is 4.98 Å². The van der Waals surface area contributed by atoms with Crippen molar-refractivity contribution >= 4 is 17.4 Å². The predicted octanol–water partition coefficient (Wildman–Crippen LogP) is 1.82. The van der Waals surface area contributed by atoms with E-state index in [-0.39, 0.29) is 6.54 Å². The van der Waals surface area contributed by atoms with Crippen molar-refractivity contribution in [3.63, 3.8) is 0 Å². The number of aromatic nitrogens is 1. The lowest BCUT2D eigenvalue weighted by Gasteiger charge is -2.16. The number of fused-ring (bicyclic) bond motifs is 1. The number of hydrogen-bond donors (Lipinski definition) is 0. The van der Waals surface area contributed by atoms with Gasteiger partial charge in [0.25, 0.3) is 11.7 Å². The summed E-state index contributed by atoms with van der Waals surface area (Å²) in [5, 5.41) is 0. The van der Waals surface area contributed by atoms with Gasteiger partial charge in [-0.15, -0.1) is 0 Å². The number of amides is 1. The Morgan fingerprint density at radius 3 is 2.70 bits per heavy atom. The molecular formula is C15H12N2O3. The highest BCUT2D eigenvalue weighted by Crippen LogP contribution is 2.29. The lowest BCUT2D eigenvalue weighted by Crippen LogP contribution is -2.29. The van der Waals surface area contributed by atoms with Crippen LogP contribution in [0.5, 0.6) is 5.88 Å². The molecule has 5 heteroatoms. The number of pyridine rings is 1. The molecule has 1 aliphatic rings. The van der Waals surface area contributed by atoms with Gasteiger partial charge in [-0.3, -0.25) is 14.5 Å². The van der Waals surface area contributed by atoms with Gasteiger partial charge in [0.1, 0.15) is 0 Å². The number of hydrogen-bond acceptors (Lipinski definition) is 4. The van der Waals surface area contributed by atoms with Gasteiger partial charge in [-0.2, -0.15) is 0 Å². The Labute approximate surface area is 115 Å². The summed E-state index contributed by atoms with van der Waals surface area (Å²) in [6.07, 6.45) is 0. The zero-order chi connectivity index (χ0) is 14.1. The van der Waals surface area contributed by atoms with Crippen LogP contribution in [0.2, 0.25) is 0 Å². The molecule has 0 N–H and O–H groups in total. The number of para-hydroxylation sites is 1. The van der Waals surface area contributed by atoms with Gasteiger partial charge in [-0.25, -0.2) is 4.98 Å². The van der Waals surface area contributed by atoms with E-state index in [4.69, 9.17) is 4.74 Å². The third-order valence-electron chi connectivity index (χ3n) is 3.19. The summed E-state index contributed by atoms with van der Waals surface area (Å²) in [5.74, 6) is -0.506. The van der Waals surface area contributed by atoms with Crippen molar-refractivity contribution in [3.8, 4) is 5.88 Å². The summed E-state index contributed by atoms with van der Waals surface area (Å²) in [5.41, 5.74) is 1.75. The SMILES string of the molecule is COc1cccc(CN2C(=O)C(=O)c3ccccc32)n1. The summed E-state index contributed by atoms with van der Waals surface area (Å²) in [7, 11) is 1.53. The van der Waals surface area contributed by atoms with Crippen LogP contribution in [0.15, 0.2) is 42.5 Å². The lowest BCUT2D eigenvalue weighted by molar-refractivity contribution is -0.114. The molecule has 1 aromatic carbocycles. The molecule has 0 saturated carbocycles. The number of ketones is 1. The normalized spacial score (nSPS) is 13.6. The lowest BCUT2D eigenvalue weighted by atomic mass is 10.1. The fraction of sp³-hybridized carbons (Fsp3) is 0.133. The van der Waals surface area contributed by atoms with Crippen LogP contribution in [0.1, 0.15) is 16.1 Å². The minimum atomic E-state index is -0.518. The zero-order valence-electron chi connectivity index (χ0n) is 10.9. The molecule has 1 aliphatic heterocycles. The molecule has 1 aromatic heterocycles. The van der Waals surface area contributed by atoms with E-state index < -0.39 is 11.7 Å². The molecule has 5 nitrogen and oxygen atoms in total. The standard InChI is InChI=1S/C15H12N2O3/c1-20-13-8-4-5-10(16-13)9-17-12-7-3-2-6-11(12)14(18)15(17)19/h2-8H,9H2,1H3. The first-order valence-electron chi connectivity index (χ1n) is 6.16. The van der Waals surface area contributed by atoms with Crippen LogP contribution < -0.4 is 9.64 Å². The molecule has 0 atom stereocenters. The van der Waals surface area contributed by atoms with Crippen LogP contribution in [0.25, 0.3) is 0 Å². The average Bonchev–Trinajstić information content (AvgIpc) is 2.73. The van der Waals surface area contributed by atoms with E-state index in [0.717, 1.165) is 0 Å². The van der Waals surface area contributed by atoms with E-state index in [2.05, 4.69) is 4.98 Å². The number of carbonyl (C=O) groups excluding carboxylic acids is 2. The molecule has 2 aromatic rings. The van der Waals surface area contributed by atoms with Gasteiger partial charge >= 0.3 is 0 Å². The van der Waals surface area contributed by atoms with Gasteiger partial charge in [0.15, 0.2) is 0 Å². The van der Waals surface area contributed by atoms with Crippen LogP contribution in [0, 0.1) is 0 Å². The van der Waals surface area contributed by atoms with E-state index in [9.17, 15) is 9.59 Å². The number of rotatable bonds is 3. The fourth-order valence-electron chi connectivity index (χ4n) is 2.23. The molecule has 20 heavy (non-hydrogen) atoms. The van der Waals surface area contributed by atoms with Crippen molar-refractivity contribution in [3.05, 3.63) is 53.7 Å². The minimum Gasteiger partial charge on any atom is -0.481 e. The van der Waals surface area contributed by atoms with Gasteiger partial charge in [0, 0.05) is 6.07 Å². The Morgan fingerprint density at radius 1 is 1.10 bits per heavy atom. The summed E-state index contributed by atoms with van der Waals surface area (Å²) in [6.45, 7) is 0.249. The zero-order valence-corrected chi connectivity index (χ0v) is 10.9. The van der Waals surface area contributed by atoms with Crippen LogP contribution >= 0.6 is 0 Å². The molecule has 0 unspecified atom stereocenters. The third-order valence-corrected chi connectivity index (χ3v) is 3.19. The summed E-state index contributed by atoms with van der Waals surface area (Å²) in [6, 6.07) is 12.3. The van der Waals surface area contributed by atoms with Crippen molar-refractivity contribution in [2.45, 2.75) is 6.54 Å². The molecule has 0 fully saturated rings. The largest absolute Gasteiger partial charge is 0.481 e. The molecule has 1 amide bonds. The van der Waals surface area contributed by atoms with Gasteiger partial charge in [-0.1, -0.05) is 18.2 Å². The Hall–Kier alpha value is -2.69. The number of benzene rings is 1. The Kier molecular flexibility index (Phi) is 2.95. The molecule has 0 radical (unpaired) electrons. The van der Waals surface area contributed by atoms with E-state index in [1.807, 2.05) is 0 Å². The highest BCUT2D eigenvalue weighted by atomic mass is 16.5. The van der Waals surface area contributed by atoms with Crippen molar-refractivity contribution in [2.24, 2.45) is 0 Å². The Bertz CT molecular complexity index is 697. The van der Waals surface area contributed by atoms with Crippen molar-refractivity contribution in [2.75, 3.05) is 12.0 Å². The number of Topliss-reactive ketones (excluding diaryl/α,β-unsaturated/α-hetero) is 1. The maximum absolute atomic E-state index is 12.0. The molecule has 0 bridgehead atoms. The number of methoxy groups -OCH3 is 1. The summed E-state index contributed by atoms with van der Waals surface area (Å²) in [4.78, 5) is 29.6. The van der Waals surface area contributed by atoms with E-state index in [1.165, 1.54) is 12.0 Å². The maximum atomic E-state index is 12.0. The second-order valence-electron chi connectivity index (χ2n) is 4.41. The van der Waals surface area contributed by atoms with Crippen LogP contribution in [-0.2, 0) is 11.3 Å². The second-order valence-corrected chi connectivity index (χ2v) is 4.41. The average molecular weight is 268 g/mol. The fourth-order valence-corrected chi connectivity index (χ4v) is 2.23. The van der Waals surface area contributed by atoms with Gasteiger partial charge < -0.3 is 4.74 Å². The first-order chi connectivity index (χ1) is 9.70. The third kappa shape index (κ3) is 1.93. The highest BCUT2D eigenvalue weighted by Gasteiger charge is 2.35. The molecule has 0 saturated heterocycles. The molecule has 0 spiro atoms. The predicted molar refractivity (Wildman–Crippen MR) is 72.8 cm³/mol. The Morgan fingerprint density at radius 2 is 1.90 bits per heavy atom. The number of ether oxygens (including phenoxy) is 1. The number of anilines is 1. The minimum absolute atomic E-state index is 0.249. The van der Waals surface area contributed by atoms with Crippen molar-refractivity contribution < 1.29 is 14.3 Å². The van der Waals surface area contributed by atoms with Gasteiger partial charge in [0.2, 0.25) is 5.88 Å². The van der Waals surface area contributed by atoms with E-state index in [1.54, 1.807) is 42.5 Å². The van der Waals surface area contributed by atoms with E-state index in [0.29, 0.717) is 22.8 Å². The number of carbonyl (C=O) groups is 2. The van der Waals surface area contributed by atoms with Gasteiger partial charge in [-0.05, 0) is 18.2 Å². The highest BCUT2D eigenvalue weighted by molar-refractivity contribution is 6.52. The van der Waals surface area contributed by atoms with Crippen molar-refractivity contribution in [1.29, 1.82) is 0 Å². The smallest absolute Gasteiger partial charge is 0.299 e. The number of nitrogens with zero attached hydrogens (tertiary/aromatic N) is 2. The molecule has 0 aliphatic carbocycles. The van der Waals surface area contributed by atoms with Crippen LogP contribution in [-0.4, -0.2) is 23.8 Å². The molecular weight excluding hydrogens is 256 g/mol. The first kappa shape index (κ1) is 12.3. The summed E-state index contributed by atoms with van der Waals surface area (Å²) >= 11 is 0. The Balaban J connectivity index is 1.95. The van der Waals surface area contributed by atoms with Crippen LogP contribution in [0.3, 0.4) is 0 Å². The molecule has 2 heterocycles. The molecule has 100 valence electrons. The maximum Gasteiger partial charge on any atom is 0.299 e. The second kappa shape index (κ2) is 4.77. The quantitative estimate of drug-likeness (QED) is 0.797. The van der Waals surface area contributed by atoms with Crippen LogP contribution in [0.4, 0.5) is 5.69 Å². The monoisotopic (exact) mass is 268 g/mol.